The second-order valence-electron chi connectivity index (χ2n) is 13.8. The van der Waals surface area contributed by atoms with Gasteiger partial charge in [-0.25, -0.2) is 9.37 Å². The summed E-state index contributed by atoms with van der Waals surface area (Å²) in [6, 6.07) is 6.92. The number of hydrogen-bond acceptors (Lipinski definition) is 7. The van der Waals surface area contributed by atoms with Crippen molar-refractivity contribution in [2.75, 3.05) is 18.5 Å². The minimum absolute atomic E-state index is 0.0731. The van der Waals surface area contributed by atoms with Gasteiger partial charge in [0.05, 0.1) is 12.7 Å². The van der Waals surface area contributed by atoms with E-state index in [1.807, 2.05) is 12.1 Å². The average molecular weight is 634 g/mol. The lowest BCUT2D eigenvalue weighted by Crippen LogP contribution is -2.61. The highest BCUT2D eigenvalue weighted by atomic mass is 35.5. The highest BCUT2D eigenvalue weighted by Crippen LogP contribution is 2.65. The van der Waals surface area contributed by atoms with Crippen molar-refractivity contribution in [2.45, 2.75) is 106 Å². The number of rotatable bonds is 6. The molecule has 0 bridgehead atoms. The highest BCUT2D eigenvalue weighted by molar-refractivity contribution is 6.31. The Labute approximate surface area is 261 Å². The number of epoxide rings is 1. The smallest absolute Gasteiger partial charge is 0.237 e. The van der Waals surface area contributed by atoms with Crippen LogP contribution in [0.5, 0.6) is 0 Å². The molecule has 1 amide bonds. The number of carbonyl (C=O) groups is 1. The Morgan fingerprint density at radius 1 is 1.16 bits per heavy atom. The Bertz CT molecular complexity index is 1410. The summed E-state index contributed by atoms with van der Waals surface area (Å²) in [5.74, 6) is -1.38. The lowest BCUT2D eigenvalue weighted by Gasteiger charge is -2.50. The topological polar surface area (TPSA) is 108 Å². The summed E-state index contributed by atoms with van der Waals surface area (Å²) in [5, 5.41) is 20.3. The number of halogens is 3. The molecule has 2 spiro atoms. The van der Waals surface area contributed by atoms with Gasteiger partial charge in [-0.15, -0.1) is 0 Å². The van der Waals surface area contributed by atoms with Gasteiger partial charge >= 0.3 is 0 Å². The van der Waals surface area contributed by atoms with Crippen LogP contribution >= 0.6 is 23.2 Å². The van der Waals surface area contributed by atoms with Crippen molar-refractivity contribution in [3.05, 3.63) is 57.6 Å². The summed E-state index contributed by atoms with van der Waals surface area (Å²) in [4.78, 5) is 18.6. The zero-order chi connectivity index (χ0) is 30.1. The number of carbonyl (C=O) groups excluding carboxylic acids is 1. The molecule has 2 aromatic rings. The summed E-state index contributed by atoms with van der Waals surface area (Å²) in [7, 11) is 0. The van der Waals surface area contributed by atoms with Crippen LogP contribution in [0.1, 0.15) is 75.8 Å². The second kappa shape index (κ2) is 10.9. The Kier molecular flexibility index (Phi) is 7.56. The van der Waals surface area contributed by atoms with E-state index in [2.05, 4.69) is 34.8 Å². The van der Waals surface area contributed by atoms with Crippen LogP contribution in [0, 0.1) is 11.2 Å². The molecule has 1 aromatic heterocycles. The third-order valence-corrected chi connectivity index (χ3v) is 11.3. The maximum atomic E-state index is 16.1. The number of aromatic nitrogens is 1. The predicted octanol–water partition coefficient (Wildman–Crippen LogP) is 5.06. The van der Waals surface area contributed by atoms with E-state index in [1.54, 1.807) is 12.1 Å². The zero-order valence-corrected chi connectivity index (χ0v) is 26.0. The van der Waals surface area contributed by atoms with Crippen LogP contribution < -0.4 is 16.0 Å². The fourth-order valence-electron chi connectivity index (χ4n) is 8.51. The summed E-state index contributed by atoms with van der Waals surface area (Å²) in [6.45, 7) is 5.18. The van der Waals surface area contributed by atoms with Crippen LogP contribution in [-0.2, 0) is 19.7 Å². The molecule has 11 heteroatoms. The van der Waals surface area contributed by atoms with E-state index in [4.69, 9.17) is 32.7 Å². The lowest BCUT2D eigenvalue weighted by atomic mass is 9.53. The number of benzene rings is 1. The molecule has 232 valence electrons. The van der Waals surface area contributed by atoms with Gasteiger partial charge in [-0.05, 0) is 79.7 Å². The number of aliphatic hydroxyl groups excluding tert-OH is 1. The number of pyridine rings is 1. The van der Waals surface area contributed by atoms with E-state index < -0.39 is 22.7 Å². The van der Waals surface area contributed by atoms with E-state index in [0.717, 1.165) is 44.1 Å². The van der Waals surface area contributed by atoms with Gasteiger partial charge in [0.15, 0.2) is 11.0 Å². The number of amides is 1. The molecule has 0 radical (unpaired) electrons. The molecule has 4 aliphatic heterocycles. The fraction of sp³-hybridized carbons (Fsp3) is 0.625. The quantitative estimate of drug-likeness (QED) is 0.260. The summed E-state index contributed by atoms with van der Waals surface area (Å²) in [5.41, 5.74) is 0.207. The van der Waals surface area contributed by atoms with Gasteiger partial charge in [-0.3, -0.25) is 10.1 Å². The average Bonchev–Trinajstić information content (AvgIpc) is 3.59. The number of aliphatic hydroxyl groups is 1. The Morgan fingerprint density at radius 2 is 1.95 bits per heavy atom. The van der Waals surface area contributed by atoms with Gasteiger partial charge in [-0.2, -0.15) is 0 Å². The SMILES string of the molecule is CC1(C)CCC2(CC1)N[C@@H](C1OC1N[C@@H]1CC[C@@H](CCO)OC1)[C@H](c1ccnc(Cl)c1F)[C@]21C(=O)Nc2cc(Cl)ccc21. The summed E-state index contributed by atoms with van der Waals surface area (Å²) in [6.07, 6.45) is 6.75. The lowest BCUT2D eigenvalue weighted by molar-refractivity contribution is -0.124. The first kappa shape index (κ1) is 29.8. The van der Waals surface area contributed by atoms with E-state index in [1.165, 1.54) is 6.20 Å². The van der Waals surface area contributed by atoms with Gasteiger partial charge < -0.3 is 25.2 Å². The third kappa shape index (κ3) is 4.82. The van der Waals surface area contributed by atoms with Crippen molar-refractivity contribution in [3.8, 4) is 0 Å². The zero-order valence-electron chi connectivity index (χ0n) is 24.5. The van der Waals surface area contributed by atoms with Crippen molar-refractivity contribution in [1.29, 1.82) is 0 Å². The fourth-order valence-corrected chi connectivity index (χ4v) is 8.85. The Hall–Kier alpha value is -1.85. The molecule has 1 aliphatic carbocycles. The number of fused-ring (bicyclic) bond motifs is 3. The van der Waals surface area contributed by atoms with Gasteiger partial charge in [0.25, 0.3) is 0 Å². The minimum atomic E-state index is -1.12. The number of anilines is 1. The van der Waals surface area contributed by atoms with Crippen molar-refractivity contribution in [2.24, 2.45) is 5.41 Å². The molecule has 43 heavy (non-hydrogen) atoms. The van der Waals surface area contributed by atoms with Crippen LogP contribution in [0.25, 0.3) is 0 Å². The van der Waals surface area contributed by atoms with Gasteiger partial charge in [0, 0.05) is 47.1 Å². The van der Waals surface area contributed by atoms with Crippen molar-refractivity contribution in [1.82, 2.24) is 15.6 Å². The van der Waals surface area contributed by atoms with Crippen molar-refractivity contribution < 1.29 is 23.8 Å². The first-order valence-electron chi connectivity index (χ1n) is 15.4. The van der Waals surface area contributed by atoms with E-state index >= 15 is 4.39 Å². The number of hydrogen-bond donors (Lipinski definition) is 4. The Balaban J connectivity index is 1.30. The molecule has 4 N–H and O–H groups in total. The molecule has 1 saturated carbocycles. The van der Waals surface area contributed by atoms with Crippen LogP contribution in [-0.4, -0.2) is 65.3 Å². The standard InChI is InChI=1S/C32H39Cl2FN4O4/c1-30(2)9-11-31(12-10-30)32(21-6-3-17(33)15-22(21)38-29(32)41)23(20-7-13-36-27(34)24(20)35)25(39-31)26-28(43-26)37-18-4-5-19(8-14-40)42-16-18/h3,6-7,13,15,18-19,23,25-26,28,37,39-40H,4-5,8-12,14,16H2,1-2H3,(H,38,41)/t18-,19+,23+,25-,26?,28?,32-/m1/s1. The van der Waals surface area contributed by atoms with Crippen LogP contribution in [0.3, 0.4) is 0 Å². The highest BCUT2D eigenvalue weighted by Gasteiger charge is 2.74. The minimum Gasteiger partial charge on any atom is -0.396 e. The van der Waals surface area contributed by atoms with E-state index in [9.17, 15) is 9.90 Å². The molecule has 8 nitrogen and oxygen atoms in total. The molecule has 4 fully saturated rings. The second-order valence-corrected chi connectivity index (χ2v) is 14.6. The van der Waals surface area contributed by atoms with Crippen LogP contribution in [0.2, 0.25) is 10.2 Å². The monoisotopic (exact) mass is 632 g/mol. The van der Waals surface area contributed by atoms with Crippen molar-refractivity contribution in [3.63, 3.8) is 0 Å². The predicted molar refractivity (Wildman–Crippen MR) is 162 cm³/mol. The van der Waals surface area contributed by atoms with E-state index in [0.29, 0.717) is 29.3 Å². The number of nitrogens with zero attached hydrogens (tertiary/aromatic N) is 1. The Morgan fingerprint density at radius 3 is 2.67 bits per heavy atom. The van der Waals surface area contributed by atoms with Crippen LogP contribution in [0.15, 0.2) is 30.5 Å². The molecule has 1 aromatic carbocycles. The maximum absolute atomic E-state index is 16.1. The molecular formula is C32H39Cl2FN4O4. The molecule has 2 unspecified atom stereocenters. The first-order valence-corrected chi connectivity index (χ1v) is 16.2. The molecule has 7 rings (SSSR count). The largest absolute Gasteiger partial charge is 0.396 e. The molecule has 5 aliphatic rings. The molecular weight excluding hydrogens is 594 g/mol. The van der Waals surface area contributed by atoms with E-state index in [-0.39, 0.29) is 53.6 Å². The number of nitrogens with one attached hydrogen (secondary N) is 3. The third-order valence-electron chi connectivity index (χ3n) is 10.8. The normalized spacial score (nSPS) is 35.7. The maximum Gasteiger partial charge on any atom is 0.237 e. The molecule has 5 heterocycles. The molecule has 3 saturated heterocycles. The van der Waals surface area contributed by atoms with Crippen molar-refractivity contribution >= 4 is 34.8 Å². The number of ether oxygens (including phenoxy) is 2. The van der Waals surface area contributed by atoms with Gasteiger partial charge in [0.2, 0.25) is 5.91 Å². The summed E-state index contributed by atoms with van der Waals surface area (Å²) < 4.78 is 28.4. The van der Waals surface area contributed by atoms with Crippen LogP contribution in [0.4, 0.5) is 10.1 Å². The van der Waals surface area contributed by atoms with Gasteiger partial charge in [-0.1, -0.05) is 43.1 Å². The van der Waals surface area contributed by atoms with Gasteiger partial charge in [0.1, 0.15) is 17.7 Å². The summed E-state index contributed by atoms with van der Waals surface area (Å²) >= 11 is 12.7. The molecule has 7 atom stereocenters. The first-order chi connectivity index (χ1) is 20.6.